The van der Waals surface area contributed by atoms with Gasteiger partial charge in [0.15, 0.2) is 0 Å². The monoisotopic (exact) mass is 242 g/mol. The Hall–Kier alpha value is -2.28. The number of nitrogens with one attached hydrogen (secondary N) is 1. The van der Waals surface area contributed by atoms with Crippen molar-refractivity contribution in [2.24, 2.45) is 5.92 Å². The van der Waals surface area contributed by atoms with Gasteiger partial charge in [0.25, 0.3) is 0 Å². The maximum atomic E-state index is 12.0. The first-order chi connectivity index (χ1) is 8.61. The second-order valence-electron chi connectivity index (χ2n) is 4.56. The molecule has 0 atom stereocenters. The number of aromatic amines is 1. The number of H-pyrrole nitrogens is 1. The van der Waals surface area contributed by atoms with Gasteiger partial charge in [-0.05, 0) is 24.1 Å². The number of aromatic nitrogens is 1. The molecule has 4 heteroatoms. The van der Waals surface area contributed by atoms with Crippen molar-refractivity contribution >= 4 is 10.9 Å². The standard InChI is InChI=1S/C14H14N2O2/c1-9(2)8-18-11-3-4-13-12(5-11)14(17)10(6-15)7-16-13/h3-5,7,9H,8H2,1-2H3,(H,16,17). The molecule has 0 spiro atoms. The highest BCUT2D eigenvalue weighted by atomic mass is 16.5. The molecule has 1 aromatic carbocycles. The number of rotatable bonds is 3. The van der Waals surface area contributed by atoms with Gasteiger partial charge in [0.2, 0.25) is 5.43 Å². The highest BCUT2D eigenvalue weighted by Gasteiger charge is 2.06. The summed E-state index contributed by atoms with van der Waals surface area (Å²) < 4.78 is 5.57. The summed E-state index contributed by atoms with van der Waals surface area (Å²) in [5.41, 5.74) is 0.556. The summed E-state index contributed by atoms with van der Waals surface area (Å²) in [4.78, 5) is 14.9. The normalized spacial score (nSPS) is 10.6. The maximum Gasteiger partial charge on any atom is 0.207 e. The van der Waals surface area contributed by atoms with E-state index in [2.05, 4.69) is 18.8 Å². The third kappa shape index (κ3) is 2.35. The zero-order chi connectivity index (χ0) is 13.1. The number of benzene rings is 1. The molecule has 0 amide bonds. The number of hydrogen-bond donors (Lipinski definition) is 1. The van der Waals surface area contributed by atoms with E-state index in [-0.39, 0.29) is 11.0 Å². The van der Waals surface area contributed by atoms with E-state index in [1.54, 1.807) is 12.1 Å². The van der Waals surface area contributed by atoms with Gasteiger partial charge in [-0.2, -0.15) is 5.26 Å². The third-order valence-electron chi connectivity index (χ3n) is 2.56. The summed E-state index contributed by atoms with van der Waals surface area (Å²) in [7, 11) is 0. The molecular weight excluding hydrogens is 228 g/mol. The second kappa shape index (κ2) is 4.92. The fourth-order valence-corrected chi connectivity index (χ4v) is 1.63. The molecule has 4 nitrogen and oxygen atoms in total. The van der Waals surface area contributed by atoms with Gasteiger partial charge in [-0.25, -0.2) is 0 Å². The minimum atomic E-state index is -0.263. The van der Waals surface area contributed by atoms with E-state index in [9.17, 15) is 4.79 Å². The summed E-state index contributed by atoms with van der Waals surface area (Å²) in [5, 5.41) is 9.30. The molecule has 18 heavy (non-hydrogen) atoms. The van der Waals surface area contributed by atoms with Crippen LogP contribution >= 0.6 is 0 Å². The Balaban J connectivity index is 2.47. The molecule has 92 valence electrons. The van der Waals surface area contributed by atoms with E-state index in [1.165, 1.54) is 6.20 Å². The van der Waals surface area contributed by atoms with E-state index in [1.807, 2.05) is 12.1 Å². The molecule has 0 fully saturated rings. The van der Waals surface area contributed by atoms with Crippen LogP contribution in [0.5, 0.6) is 5.75 Å². The Labute approximate surface area is 105 Å². The van der Waals surface area contributed by atoms with Gasteiger partial charge in [0.05, 0.1) is 12.0 Å². The minimum Gasteiger partial charge on any atom is -0.493 e. The Morgan fingerprint density at radius 1 is 1.44 bits per heavy atom. The summed E-state index contributed by atoms with van der Waals surface area (Å²) in [5.74, 6) is 1.07. The number of nitrogens with zero attached hydrogens (tertiary/aromatic N) is 1. The predicted octanol–water partition coefficient (Wildman–Crippen LogP) is 2.43. The van der Waals surface area contributed by atoms with Crippen molar-refractivity contribution in [3.8, 4) is 11.8 Å². The van der Waals surface area contributed by atoms with Gasteiger partial charge >= 0.3 is 0 Å². The van der Waals surface area contributed by atoms with Crippen LogP contribution in [0.15, 0.2) is 29.2 Å². The third-order valence-corrected chi connectivity index (χ3v) is 2.56. The molecule has 0 unspecified atom stereocenters. The van der Waals surface area contributed by atoms with E-state index in [0.717, 1.165) is 0 Å². The Bertz CT molecular complexity index is 666. The second-order valence-corrected chi connectivity index (χ2v) is 4.56. The average molecular weight is 242 g/mol. The highest BCUT2D eigenvalue weighted by molar-refractivity contribution is 5.80. The highest BCUT2D eigenvalue weighted by Crippen LogP contribution is 2.17. The van der Waals surface area contributed by atoms with Crippen molar-refractivity contribution < 1.29 is 4.74 Å². The molecule has 1 aromatic heterocycles. The van der Waals surface area contributed by atoms with Crippen LogP contribution in [0.3, 0.4) is 0 Å². The minimum absolute atomic E-state index is 0.114. The first kappa shape index (κ1) is 12.2. The van der Waals surface area contributed by atoms with Crippen molar-refractivity contribution in [3.05, 3.63) is 40.2 Å². The Kier molecular flexibility index (Phi) is 3.33. The molecule has 2 aromatic rings. The molecule has 0 aliphatic heterocycles. The first-order valence-electron chi connectivity index (χ1n) is 5.80. The Morgan fingerprint density at radius 3 is 2.89 bits per heavy atom. The van der Waals surface area contributed by atoms with E-state index in [0.29, 0.717) is 29.2 Å². The molecule has 1 heterocycles. The Morgan fingerprint density at radius 2 is 2.22 bits per heavy atom. The van der Waals surface area contributed by atoms with E-state index in [4.69, 9.17) is 10.00 Å². The zero-order valence-corrected chi connectivity index (χ0v) is 10.4. The molecule has 0 aliphatic rings. The van der Waals surface area contributed by atoms with Crippen molar-refractivity contribution in [1.82, 2.24) is 4.98 Å². The number of ether oxygens (including phenoxy) is 1. The fraction of sp³-hybridized carbons (Fsp3) is 0.286. The van der Waals surface area contributed by atoms with Gasteiger partial charge in [0, 0.05) is 11.7 Å². The molecule has 0 bridgehead atoms. The number of pyridine rings is 1. The SMILES string of the molecule is CC(C)COc1ccc2[nH]cc(C#N)c(=O)c2c1. The zero-order valence-electron chi connectivity index (χ0n) is 10.4. The molecule has 1 N–H and O–H groups in total. The number of hydrogen-bond acceptors (Lipinski definition) is 3. The molecule has 0 radical (unpaired) electrons. The van der Waals surface area contributed by atoms with E-state index >= 15 is 0 Å². The van der Waals surface area contributed by atoms with Crippen molar-refractivity contribution in [3.63, 3.8) is 0 Å². The molecule has 2 rings (SSSR count). The number of nitriles is 1. The van der Waals surface area contributed by atoms with Crippen molar-refractivity contribution in [1.29, 1.82) is 5.26 Å². The van der Waals surface area contributed by atoms with Crippen molar-refractivity contribution in [2.75, 3.05) is 6.61 Å². The van der Waals surface area contributed by atoms with Crippen LogP contribution in [0.4, 0.5) is 0 Å². The topological polar surface area (TPSA) is 65.9 Å². The lowest BCUT2D eigenvalue weighted by atomic mass is 10.1. The molecular formula is C14H14N2O2. The summed E-state index contributed by atoms with van der Waals surface area (Å²) in [6, 6.07) is 7.15. The molecule has 0 saturated heterocycles. The van der Waals surface area contributed by atoms with Crippen LogP contribution in [-0.4, -0.2) is 11.6 Å². The first-order valence-corrected chi connectivity index (χ1v) is 5.80. The van der Waals surface area contributed by atoms with Crippen molar-refractivity contribution in [2.45, 2.75) is 13.8 Å². The van der Waals surface area contributed by atoms with Gasteiger partial charge in [-0.3, -0.25) is 4.79 Å². The van der Waals surface area contributed by atoms with Gasteiger partial charge in [-0.1, -0.05) is 13.8 Å². The van der Waals surface area contributed by atoms with Crippen LogP contribution in [-0.2, 0) is 0 Å². The lowest BCUT2D eigenvalue weighted by Gasteiger charge is -2.09. The lowest BCUT2D eigenvalue weighted by Crippen LogP contribution is -2.08. The fourth-order valence-electron chi connectivity index (χ4n) is 1.63. The maximum absolute atomic E-state index is 12.0. The summed E-state index contributed by atoms with van der Waals surface area (Å²) in [6.45, 7) is 4.71. The quantitative estimate of drug-likeness (QED) is 0.898. The lowest BCUT2D eigenvalue weighted by molar-refractivity contribution is 0.271. The smallest absolute Gasteiger partial charge is 0.207 e. The summed E-state index contributed by atoms with van der Waals surface area (Å²) in [6.07, 6.45) is 1.43. The van der Waals surface area contributed by atoms with Crippen LogP contribution < -0.4 is 10.2 Å². The van der Waals surface area contributed by atoms with Gasteiger partial charge in [0.1, 0.15) is 17.4 Å². The summed E-state index contributed by atoms with van der Waals surface area (Å²) >= 11 is 0. The van der Waals surface area contributed by atoms with Gasteiger partial charge in [-0.15, -0.1) is 0 Å². The van der Waals surface area contributed by atoms with Crippen LogP contribution in [0.1, 0.15) is 19.4 Å². The van der Waals surface area contributed by atoms with Crippen LogP contribution in [0, 0.1) is 17.2 Å². The van der Waals surface area contributed by atoms with Gasteiger partial charge < -0.3 is 9.72 Å². The predicted molar refractivity (Wildman–Crippen MR) is 69.6 cm³/mol. The molecule has 0 aliphatic carbocycles. The van der Waals surface area contributed by atoms with E-state index < -0.39 is 0 Å². The average Bonchev–Trinajstić information content (AvgIpc) is 2.37. The molecule has 0 saturated carbocycles. The number of fused-ring (bicyclic) bond motifs is 1. The van der Waals surface area contributed by atoms with Crippen LogP contribution in [0.2, 0.25) is 0 Å². The van der Waals surface area contributed by atoms with Crippen LogP contribution in [0.25, 0.3) is 10.9 Å². The largest absolute Gasteiger partial charge is 0.493 e.